The predicted octanol–water partition coefficient (Wildman–Crippen LogP) is 3.29. The van der Waals surface area contributed by atoms with Crippen molar-refractivity contribution < 1.29 is 4.74 Å². The Morgan fingerprint density at radius 2 is 1.81 bits per heavy atom. The zero-order chi connectivity index (χ0) is 14.5. The Labute approximate surface area is 122 Å². The van der Waals surface area contributed by atoms with Gasteiger partial charge in [0, 0.05) is 29.7 Å². The van der Waals surface area contributed by atoms with Gasteiger partial charge in [-0.1, -0.05) is 18.2 Å². The second-order valence-electron chi connectivity index (χ2n) is 4.35. The molecule has 1 N–H and O–H groups in total. The van der Waals surface area contributed by atoms with Gasteiger partial charge in [-0.05, 0) is 24.3 Å². The summed E-state index contributed by atoms with van der Waals surface area (Å²) in [5.74, 6) is 1.13. The van der Waals surface area contributed by atoms with Crippen LogP contribution in [0.3, 0.4) is 0 Å². The van der Waals surface area contributed by atoms with Crippen LogP contribution in [-0.4, -0.2) is 22.1 Å². The van der Waals surface area contributed by atoms with Crippen molar-refractivity contribution in [3.8, 4) is 17.1 Å². The number of hydrogen-bond acceptors (Lipinski definition) is 5. The fraction of sp³-hybridized carbons (Fsp3) is 0.0625. The minimum Gasteiger partial charge on any atom is -0.481 e. The van der Waals surface area contributed by atoms with Crippen molar-refractivity contribution in [2.45, 2.75) is 0 Å². The van der Waals surface area contributed by atoms with Crippen molar-refractivity contribution in [1.82, 2.24) is 15.0 Å². The maximum atomic E-state index is 5.05. The molecule has 0 aliphatic carbocycles. The van der Waals surface area contributed by atoms with Gasteiger partial charge in [0.05, 0.1) is 12.8 Å². The largest absolute Gasteiger partial charge is 0.481 e. The molecule has 0 unspecified atom stereocenters. The molecule has 0 bridgehead atoms. The number of methoxy groups -OCH3 is 1. The zero-order valence-corrected chi connectivity index (χ0v) is 11.5. The predicted molar refractivity (Wildman–Crippen MR) is 81.5 cm³/mol. The highest BCUT2D eigenvalue weighted by Gasteiger charge is 2.03. The van der Waals surface area contributed by atoms with Gasteiger partial charge < -0.3 is 10.1 Å². The Balaban J connectivity index is 1.85. The summed E-state index contributed by atoms with van der Waals surface area (Å²) >= 11 is 0. The Bertz CT molecular complexity index is 714. The number of aromatic nitrogens is 3. The first-order valence-corrected chi connectivity index (χ1v) is 6.51. The molecular weight excluding hydrogens is 264 g/mol. The fourth-order valence-electron chi connectivity index (χ4n) is 1.88. The van der Waals surface area contributed by atoms with E-state index in [1.165, 1.54) is 0 Å². The minimum absolute atomic E-state index is 0.550. The van der Waals surface area contributed by atoms with Crippen molar-refractivity contribution in [2.24, 2.45) is 0 Å². The van der Waals surface area contributed by atoms with Crippen LogP contribution in [0.25, 0.3) is 11.3 Å². The maximum Gasteiger partial charge on any atom is 0.227 e. The molecule has 2 heterocycles. The highest BCUT2D eigenvalue weighted by atomic mass is 16.5. The third-order valence-corrected chi connectivity index (χ3v) is 2.93. The van der Waals surface area contributed by atoms with E-state index >= 15 is 0 Å². The molecule has 5 nitrogen and oxygen atoms in total. The molecule has 5 heteroatoms. The first kappa shape index (κ1) is 13.1. The summed E-state index contributed by atoms with van der Waals surface area (Å²) in [6, 6.07) is 15.4. The standard InChI is InChI=1S/C16H14N4O/c1-21-15-8-7-12(11-18-15)14-9-10-17-16(20-14)19-13-5-3-2-4-6-13/h2-11H,1H3,(H,17,19,20). The highest BCUT2D eigenvalue weighted by Crippen LogP contribution is 2.20. The summed E-state index contributed by atoms with van der Waals surface area (Å²) in [7, 11) is 1.59. The van der Waals surface area contributed by atoms with Crippen LogP contribution < -0.4 is 10.1 Å². The van der Waals surface area contributed by atoms with Crippen molar-refractivity contribution in [1.29, 1.82) is 0 Å². The average Bonchev–Trinajstić information content (AvgIpc) is 2.56. The topological polar surface area (TPSA) is 59.9 Å². The molecule has 0 saturated carbocycles. The number of para-hydroxylation sites is 1. The molecule has 0 spiro atoms. The van der Waals surface area contributed by atoms with E-state index < -0.39 is 0 Å². The van der Waals surface area contributed by atoms with Crippen molar-refractivity contribution in [3.63, 3.8) is 0 Å². The van der Waals surface area contributed by atoms with Gasteiger partial charge >= 0.3 is 0 Å². The van der Waals surface area contributed by atoms with Gasteiger partial charge in [0.2, 0.25) is 11.8 Å². The Morgan fingerprint density at radius 1 is 0.952 bits per heavy atom. The lowest BCUT2D eigenvalue weighted by molar-refractivity contribution is 0.398. The normalized spacial score (nSPS) is 10.1. The molecule has 0 atom stereocenters. The number of anilines is 2. The van der Waals surface area contributed by atoms with E-state index in [4.69, 9.17) is 4.74 Å². The molecule has 0 aliphatic rings. The maximum absolute atomic E-state index is 5.05. The van der Waals surface area contributed by atoms with Crippen molar-refractivity contribution in [3.05, 3.63) is 60.9 Å². The summed E-state index contributed by atoms with van der Waals surface area (Å²) in [6.07, 6.45) is 3.45. The average molecular weight is 278 g/mol. The second-order valence-corrected chi connectivity index (χ2v) is 4.35. The van der Waals surface area contributed by atoms with Gasteiger partial charge in [-0.25, -0.2) is 15.0 Å². The van der Waals surface area contributed by atoms with Gasteiger partial charge in [-0.15, -0.1) is 0 Å². The zero-order valence-electron chi connectivity index (χ0n) is 11.5. The Hall–Kier alpha value is -2.95. The number of ether oxygens (including phenoxy) is 1. The van der Waals surface area contributed by atoms with Gasteiger partial charge in [0.1, 0.15) is 0 Å². The molecular formula is C16H14N4O. The van der Waals surface area contributed by atoms with Crippen LogP contribution in [0.2, 0.25) is 0 Å². The lowest BCUT2D eigenvalue weighted by Gasteiger charge is -2.06. The summed E-state index contributed by atoms with van der Waals surface area (Å²) < 4.78 is 5.05. The lowest BCUT2D eigenvalue weighted by Crippen LogP contribution is -1.97. The highest BCUT2D eigenvalue weighted by molar-refractivity contribution is 5.61. The van der Waals surface area contributed by atoms with Crippen LogP contribution >= 0.6 is 0 Å². The van der Waals surface area contributed by atoms with E-state index in [9.17, 15) is 0 Å². The SMILES string of the molecule is COc1ccc(-c2ccnc(Nc3ccccc3)n2)cn1. The summed E-state index contributed by atoms with van der Waals surface area (Å²) in [5, 5.41) is 3.17. The first-order chi connectivity index (χ1) is 10.3. The van der Waals surface area contributed by atoms with Gasteiger partial charge in [-0.2, -0.15) is 0 Å². The van der Waals surface area contributed by atoms with E-state index in [0.717, 1.165) is 16.9 Å². The van der Waals surface area contributed by atoms with Crippen LogP contribution in [0.4, 0.5) is 11.6 Å². The monoisotopic (exact) mass is 278 g/mol. The number of pyridine rings is 1. The van der Waals surface area contributed by atoms with Gasteiger partial charge in [0.25, 0.3) is 0 Å². The van der Waals surface area contributed by atoms with E-state index in [2.05, 4.69) is 20.3 Å². The minimum atomic E-state index is 0.550. The third-order valence-electron chi connectivity index (χ3n) is 2.93. The Kier molecular flexibility index (Phi) is 3.73. The number of nitrogens with zero attached hydrogens (tertiary/aromatic N) is 3. The van der Waals surface area contributed by atoms with E-state index in [-0.39, 0.29) is 0 Å². The van der Waals surface area contributed by atoms with Crippen LogP contribution in [0.1, 0.15) is 0 Å². The van der Waals surface area contributed by atoms with Crippen LogP contribution in [-0.2, 0) is 0 Å². The molecule has 0 saturated heterocycles. The van der Waals surface area contributed by atoms with E-state index in [1.54, 1.807) is 19.5 Å². The number of nitrogens with one attached hydrogen (secondary N) is 1. The molecule has 104 valence electrons. The fourth-order valence-corrected chi connectivity index (χ4v) is 1.88. The Morgan fingerprint density at radius 3 is 2.52 bits per heavy atom. The van der Waals surface area contributed by atoms with E-state index in [1.807, 2.05) is 48.5 Å². The molecule has 2 aromatic heterocycles. The first-order valence-electron chi connectivity index (χ1n) is 6.51. The van der Waals surface area contributed by atoms with Crippen LogP contribution in [0.15, 0.2) is 60.9 Å². The number of benzene rings is 1. The van der Waals surface area contributed by atoms with Crippen molar-refractivity contribution in [2.75, 3.05) is 12.4 Å². The van der Waals surface area contributed by atoms with Gasteiger partial charge in [0.15, 0.2) is 0 Å². The molecule has 0 aliphatic heterocycles. The van der Waals surface area contributed by atoms with Crippen molar-refractivity contribution >= 4 is 11.6 Å². The smallest absolute Gasteiger partial charge is 0.227 e. The molecule has 0 fully saturated rings. The van der Waals surface area contributed by atoms with E-state index in [0.29, 0.717) is 11.8 Å². The molecule has 1 aromatic carbocycles. The summed E-state index contributed by atoms with van der Waals surface area (Å²) in [5.41, 5.74) is 2.66. The third kappa shape index (κ3) is 3.14. The number of rotatable bonds is 4. The van der Waals surface area contributed by atoms with Crippen LogP contribution in [0, 0.1) is 0 Å². The molecule has 0 amide bonds. The summed E-state index contributed by atoms with van der Waals surface area (Å²) in [4.78, 5) is 12.9. The summed E-state index contributed by atoms with van der Waals surface area (Å²) in [6.45, 7) is 0. The quantitative estimate of drug-likeness (QED) is 0.793. The molecule has 3 rings (SSSR count). The lowest BCUT2D eigenvalue weighted by atomic mass is 10.2. The number of hydrogen-bond donors (Lipinski definition) is 1. The van der Waals surface area contributed by atoms with Gasteiger partial charge in [-0.3, -0.25) is 0 Å². The van der Waals surface area contributed by atoms with Crippen LogP contribution in [0.5, 0.6) is 5.88 Å². The molecule has 0 radical (unpaired) electrons. The molecule has 21 heavy (non-hydrogen) atoms. The molecule has 3 aromatic rings. The second kappa shape index (κ2) is 6.00.